The summed E-state index contributed by atoms with van der Waals surface area (Å²) in [6, 6.07) is 3.19. The second kappa shape index (κ2) is 6.01. The highest BCUT2D eigenvalue weighted by Crippen LogP contribution is 2.44. The second-order valence-corrected chi connectivity index (χ2v) is 6.51. The van der Waals surface area contributed by atoms with Crippen molar-refractivity contribution < 1.29 is 14.8 Å². The summed E-state index contributed by atoms with van der Waals surface area (Å²) in [5.41, 5.74) is 1.21. The Kier molecular flexibility index (Phi) is 4.51. The summed E-state index contributed by atoms with van der Waals surface area (Å²) >= 11 is 3.32. The van der Waals surface area contributed by atoms with E-state index in [1.807, 2.05) is 0 Å². The minimum atomic E-state index is -0.782. The fourth-order valence-electron chi connectivity index (χ4n) is 2.70. The van der Waals surface area contributed by atoms with E-state index in [1.165, 1.54) is 6.07 Å². The van der Waals surface area contributed by atoms with Gasteiger partial charge in [-0.3, -0.25) is 14.9 Å². The van der Waals surface area contributed by atoms with Crippen molar-refractivity contribution in [2.45, 2.75) is 32.6 Å². The van der Waals surface area contributed by atoms with Gasteiger partial charge in [-0.05, 0) is 47.2 Å². The molecule has 1 aromatic rings. The number of nitro groups is 1. The molecule has 0 amide bonds. The fraction of sp³-hybridized carbons (Fsp3) is 0.500. The summed E-state index contributed by atoms with van der Waals surface area (Å²) in [4.78, 5) is 21.4. The van der Waals surface area contributed by atoms with Crippen molar-refractivity contribution in [3.8, 4) is 0 Å². The van der Waals surface area contributed by atoms with Crippen LogP contribution in [0.3, 0.4) is 0 Å². The van der Waals surface area contributed by atoms with E-state index in [0.717, 1.165) is 24.9 Å². The van der Waals surface area contributed by atoms with Gasteiger partial charge in [0.1, 0.15) is 0 Å². The van der Waals surface area contributed by atoms with Crippen molar-refractivity contribution in [3.05, 3.63) is 32.3 Å². The first-order chi connectivity index (χ1) is 9.83. The highest BCUT2D eigenvalue weighted by Gasteiger charge is 2.38. The van der Waals surface area contributed by atoms with E-state index in [9.17, 15) is 14.9 Å². The Hall–Kier alpha value is -1.63. The molecule has 0 saturated heterocycles. The number of aryl methyl sites for hydroxylation is 1. The van der Waals surface area contributed by atoms with E-state index in [0.29, 0.717) is 16.6 Å². The van der Waals surface area contributed by atoms with Crippen molar-refractivity contribution >= 4 is 33.3 Å². The summed E-state index contributed by atoms with van der Waals surface area (Å²) in [7, 11) is 0. The van der Waals surface area contributed by atoms with Crippen LogP contribution in [0.1, 0.15) is 31.2 Å². The molecule has 2 N–H and O–H groups in total. The third kappa shape index (κ3) is 3.53. The molecule has 1 saturated carbocycles. The monoisotopic (exact) mass is 356 g/mol. The molecule has 1 aliphatic carbocycles. The van der Waals surface area contributed by atoms with Gasteiger partial charge in [-0.15, -0.1) is 0 Å². The van der Waals surface area contributed by atoms with Crippen molar-refractivity contribution in [1.82, 2.24) is 0 Å². The summed E-state index contributed by atoms with van der Waals surface area (Å²) in [5, 5.41) is 23.1. The normalized spacial score (nSPS) is 16.1. The Labute approximate surface area is 130 Å². The summed E-state index contributed by atoms with van der Waals surface area (Å²) in [6.45, 7) is 2.25. The molecule has 2 rings (SSSR count). The molecule has 7 heteroatoms. The van der Waals surface area contributed by atoms with Crippen molar-refractivity contribution in [2.24, 2.45) is 5.41 Å². The first-order valence-electron chi connectivity index (χ1n) is 6.73. The number of carbonyl (C=O) groups is 1. The molecule has 0 bridgehead atoms. The quantitative estimate of drug-likeness (QED) is 0.598. The van der Waals surface area contributed by atoms with Crippen LogP contribution >= 0.6 is 15.9 Å². The number of halogens is 1. The largest absolute Gasteiger partial charge is 0.481 e. The average molecular weight is 357 g/mol. The first kappa shape index (κ1) is 15.8. The van der Waals surface area contributed by atoms with E-state index in [1.54, 1.807) is 13.0 Å². The van der Waals surface area contributed by atoms with Gasteiger partial charge in [-0.25, -0.2) is 0 Å². The van der Waals surface area contributed by atoms with Gasteiger partial charge < -0.3 is 10.4 Å². The Morgan fingerprint density at radius 2 is 2.19 bits per heavy atom. The molecule has 0 aromatic heterocycles. The third-order valence-corrected chi connectivity index (χ3v) is 4.73. The third-order valence-electron chi connectivity index (χ3n) is 4.08. The molecule has 21 heavy (non-hydrogen) atoms. The van der Waals surface area contributed by atoms with Gasteiger partial charge in [0.15, 0.2) is 0 Å². The smallest absolute Gasteiger partial charge is 0.303 e. The van der Waals surface area contributed by atoms with Crippen molar-refractivity contribution in [2.75, 3.05) is 11.9 Å². The highest BCUT2D eigenvalue weighted by atomic mass is 79.9. The van der Waals surface area contributed by atoms with Crippen LogP contribution in [0.25, 0.3) is 0 Å². The van der Waals surface area contributed by atoms with E-state index < -0.39 is 10.9 Å². The van der Waals surface area contributed by atoms with Crippen molar-refractivity contribution in [3.63, 3.8) is 0 Å². The Bertz CT molecular complexity index is 585. The van der Waals surface area contributed by atoms with Crippen LogP contribution in [0.2, 0.25) is 0 Å². The molecule has 6 nitrogen and oxygen atoms in total. The Balaban J connectivity index is 2.11. The predicted octanol–water partition coefficient (Wildman–Crippen LogP) is 3.72. The number of nitro benzene ring substituents is 1. The molecule has 0 atom stereocenters. The van der Waals surface area contributed by atoms with E-state index in [-0.39, 0.29) is 17.5 Å². The zero-order valence-electron chi connectivity index (χ0n) is 11.7. The molecule has 114 valence electrons. The Morgan fingerprint density at radius 1 is 1.52 bits per heavy atom. The number of hydrogen-bond acceptors (Lipinski definition) is 4. The van der Waals surface area contributed by atoms with Gasteiger partial charge in [-0.2, -0.15) is 0 Å². The number of rotatable bonds is 6. The number of carboxylic acids is 1. The lowest BCUT2D eigenvalue weighted by molar-refractivity contribution is -0.385. The minimum absolute atomic E-state index is 0.0660. The lowest BCUT2D eigenvalue weighted by Gasteiger charge is -2.41. The molecule has 0 heterocycles. The van der Waals surface area contributed by atoms with Crippen molar-refractivity contribution in [1.29, 1.82) is 0 Å². The molecule has 0 radical (unpaired) electrons. The molecule has 1 fully saturated rings. The number of hydrogen-bond donors (Lipinski definition) is 2. The van der Waals surface area contributed by atoms with Crippen LogP contribution in [0, 0.1) is 22.5 Å². The number of aliphatic carboxylic acids is 1. The standard InChI is InChI=1S/C14H17BrN2O4/c1-9-5-11(10(15)6-12(9)17(20)21)16-8-14(3-2-4-14)7-13(18)19/h5-6,16H,2-4,7-8H2,1H3,(H,18,19). The first-order valence-corrected chi connectivity index (χ1v) is 7.52. The molecule has 0 unspecified atom stereocenters. The van der Waals surface area contributed by atoms with Gasteiger partial charge in [0.05, 0.1) is 11.3 Å². The maximum absolute atomic E-state index is 10.9. The molecular weight excluding hydrogens is 340 g/mol. The summed E-state index contributed by atoms with van der Waals surface area (Å²) in [6.07, 6.45) is 3.00. The van der Waals surface area contributed by atoms with Gasteiger partial charge in [0.25, 0.3) is 5.69 Å². The highest BCUT2D eigenvalue weighted by molar-refractivity contribution is 9.10. The van der Waals surface area contributed by atoms with E-state index in [2.05, 4.69) is 21.2 Å². The number of benzene rings is 1. The van der Waals surface area contributed by atoms with Gasteiger partial charge in [0.2, 0.25) is 0 Å². The Morgan fingerprint density at radius 3 is 2.67 bits per heavy atom. The maximum Gasteiger partial charge on any atom is 0.303 e. The molecule has 0 spiro atoms. The topological polar surface area (TPSA) is 92.5 Å². The zero-order valence-corrected chi connectivity index (χ0v) is 13.3. The maximum atomic E-state index is 10.9. The molecule has 1 aliphatic rings. The lowest BCUT2D eigenvalue weighted by Crippen LogP contribution is -2.38. The molecule has 0 aliphatic heterocycles. The van der Waals surface area contributed by atoms with Crippen LogP contribution < -0.4 is 5.32 Å². The van der Waals surface area contributed by atoms with Gasteiger partial charge >= 0.3 is 5.97 Å². The molecule has 1 aromatic carbocycles. The number of carboxylic acid groups (broad SMARTS) is 1. The van der Waals surface area contributed by atoms with E-state index >= 15 is 0 Å². The number of nitrogens with zero attached hydrogens (tertiary/aromatic N) is 1. The lowest BCUT2D eigenvalue weighted by atomic mass is 9.66. The number of anilines is 1. The van der Waals surface area contributed by atoms with Crippen LogP contribution in [-0.4, -0.2) is 22.5 Å². The van der Waals surface area contributed by atoms with Crippen LogP contribution in [0.5, 0.6) is 0 Å². The zero-order chi connectivity index (χ0) is 15.6. The van der Waals surface area contributed by atoms with Crippen LogP contribution in [-0.2, 0) is 4.79 Å². The van der Waals surface area contributed by atoms with Crippen LogP contribution in [0.15, 0.2) is 16.6 Å². The molecular formula is C14H17BrN2O4. The summed E-state index contributed by atoms with van der Waals surface area (Å²) < 4.78 is 0.615. The van der Waals surface area contributed by atoms with Gasteiger partial charge in [0, 0.05) is 28.3 Å². The second-order valence-electron chi connectivity index (χ2n) is 5.65. The van der Waals surface area contributed by atoms with Gasteiger partial charge in [-0.1, -0.05) is 6.42 Å². The predicted molar refractivity (Wildman–Crippen MR) is 82.6 cm³/mol. The average Bonchev–Trinajstić information content (AvgIpc) is 2.34. The number of nitrogens with one attached hydrogen (secondary N) is 1. The summed E-state index contributed by atoms with van der Waals surface area (Å²) in [5.74, 6) is -0.782. The fourth-order valence-corrected chi connectivity index (χ4v) is 3.17. The SMILES string of the molecule is Cc1cc(NCC2(CC(=O)O)CCC2)c(Br)cc1[N+](=O)[O-]. The van der Waals surface area contributed by atoms with E-state index in [4.69, 9.17) is 5.11 Å². The van der Waals surface area contributed by atoms with Crippen LogP contribution in [0.4, 0.5) is 11.4 Å². The minimum Gasteiger partial charge on any atom is -0.481 e.